The number of aryl methyl sites for hydroxylation is 2. The number of amides is 1. The summed E-state index contributed by atoms with van der Waals surface area (Å²) < 4.78 is 5.99. The minimum Gasteiger partial charge on any atom is -0.480 e. The van der Waals surface area contributed by atoms with Gasteiger partial charge in [-0.15, -0.1) is 0 Å². The first kappa shape index (κ1) is 18.5. The number of nitrogens with one attached hydrogen (secondary N) is 1. The van der Waals surface area contributed by atoms with Crippen LogP contribution in [0.25, 0.3) is 0 Å². The van der Waals surface area contributed by atoms with Crippen molar-refractivity contribution >= 4 is 5.91 Å². The Morgan fingerprint density at radius 2 is 1.73 bits per heavy atom. The van der Waals surface area contributed by atoms with Gasteiger partial charge in [0.25, 0.3) is 5.91 Å². The number of hydrogen-bond donors (Lipinski definition) is 1. The highest BCUT2D eigenvalue weighted by Gasteiger charge is 2.25. The Hall–Kier alpha value is -1.51. The van der Waals surface area contributed by atoms with Crippen LogP contribution in [0.5, 0.6) is 5.75 Å². The SMILES string of the molecule is CC[C@H](Oc1cc(C)ccc1C)C(=O)NC(C(C)C)C(C)C. The normalized spacial score (nSPS) is 12.8. The average Bonchev–Trinajstić information content (AvgIpc) is 2.44. The van der Waals surface area contributed by atoms with Crippen molar-refractivity contribution in [1.29, 1.82) is 0 Å². The van der Waals surface area contributed by atoms with Crippen LogP contribution in [0.4, 0.5) is 0 Å². The maximum atomic E-state index is 12.6. The Morgan fingerprint density at radius 1 is 1.14 bits per heavy atom. The molecule has 0 saturated carbocycles. The number of ether oxygens (including phenoxy) is 1. The summed E-state index contributed by atoms with van der Waals surface area (Å²) in [6.45, 7) is 14.6. The van der Waals surface area contributed by atoms with Gasteiger partial charge in [-0.25, -0.2) is 0 Å². The first-order valence-corrected chi connectivity index (χ1v) is 8.30. The fourth-order valence-corrected chi connectivity index (χ4v) is 2.67. The Kier molecular flexibility index (Phi) is 6.92. The third-order valence-corrected chi connectivity index (χ3v) is 4.02. The zero-order chi connectivity index (χ0) is 16.9. The molecule has 0 saturated heterocycles. The van der Waals surface area contributed by atoms with Crippen molar-refractivity contribution in [1.82, 2.24) is 5.32 Å². The van der Waals surface area contributed by atoms with Crippen LogP contribution in [-0.2, 0) is 4.79 Å². The van der Waals surface area contributed by atoms with Crippen LogP contribution in [0.1, 0.15) is 52.2 Å². The summed E-state index contributed by atoms with van der Waals surface area (Å²) in [7, 11) is 0. The lowest BCUT2D eigenvalue weighted by atomic mass is 9.93. The van der Waals surface area contributed by atoms with E-state index in [0.29, 0.717) is 18.3 Å². The molecule has 124 valence electrons. The van der Waals surface area contributed by atoms with Crippen molar-refractivity contribution in [2.75, 3.05) is 0 Å². The molecule has 3 nitrogen and oxygen atoms in total. The molecule has 0 unspecified atom stereocenters. The second-order valence-electron chi connectivity index (χ2n) is 6.81. The largest absolute Gasteiger partial charge is 0.480 e. The van der Waals surface area contributed by atoms with Crippen molar-refractivity contribution in [3.8, 4) is 5.75 Å². The lowest BCUT2D eigenvalue weighted by Gasteiger charge is -2.28. The topological polar surface area (TPSA) is 38.3 Å². The predicted molar refractivity (Wildman–Crippen MR) is 92.2 cm³/mol. The van der Waals surface area contributed by atoms with Gasteiger partial charge in [0.2, 0.25) is 0 Å². The summed E-state index contributed by atoms with van der Waals surface area (Å²) in [4.78, 5) is 12.6. The standard InChI is InChI=1S/C19H31NO2/c1-8-16(19(21)20-18(12(2)3)13(4)5)22-17-11-14(6)9-10-15(17)7/h9-13,16,18H,8H2,1-7H3,(H,20,21)/t16-/m0/s1. The zero-order valence-electron chi connectivity index (χ0n) is 15.1. The number of carbonyl (C=O) groups is 1. The fourth-order valence-electron chi connectivity index (χ4n) is 2.67. The quantitative estimate of drug-likeness (QED) is 0.817. The molecule has 0 fully saturated rings. The van der Waals surface area contributed by atoms with E-state index in [1.54, 1.807) is 0 Å². The zero-order valence-corrected chi connectivity index (χ0v) is 15.1. The molecule has 0 spiro atoms. The van der Waals surface area contributed by atoms with Gasteiger partial charge in [0.05, 0.1) is 0 Å². The van der Waals surface area contributed by atoms with Gasteiger partial charge in [-0.3, -0.25) is 4.79 Å². The van der Waals surface area contributed by atoms with Gasteiger partial charge in [-0.05, 0) is 49.3 Å². The average molecular weight is 305 g/mol. The van der Waals surface area contributed by atoms with Gasteiger partial charge < -0.3 is 10.1 Å². The molecule has 0 aliphatic rings. The van der Waals surface area contributed by atoms with Crippen molar-refractivity contribution < 1.29 is 9.53 Å². The van der Waals surface area contributed by atoms with Crippen LogP contribution in [-0.4, -0.2) is 18.1 Å². The predicted octanol–water partition coefficient (Wildman–Crippen LogP) is 4.26. The maximum absolute atomic E-state index is 12.6. The molecule has 1 aromatic rings. The third-order valence-electron chi connectivity index (χ3n) is 4.02. The smallest absolute Gasteiger partial charge is 0.261 e. The van der Waals surface area contributed by atoms with E-state index in [9.17, 15) is 4.79 Å². The molecule has 0 aromatic heterocycles. The first-order chi connectivity index (χ1) is 10.3. The van der Waals surface area contributed by atoms with Crippen molar-refractivity contribution in [3.05, 3.63) is 29.3 Å². The van der Waals surface area contributed by atoms with Crippen LogP contribution in [0.2, 0.25) is 0 Å². The molecule has 0 aliphatic carbocycles. The highest BCUT2D eigenvalue weighted by atomic mass is 16.5. The minimum atomic E-state index is -0.444. The van der Waals surface area contributed by atoms with E-state index in [0.717, 1.165) is 16.9 Å². The van der Waals surface area contributed by atoms with Gasteiger partial charge in [0.1, 0.15) is 5.75 Å². The first-order valence-electron chi connectivity index (χ1n) is 8.30. The van der Waals surface area contributed by atoms with Gasteiger partial charge in [0.15, 0.2) is 6.10 Å². The molecule has 1 aromatic carbocycles. The van der Waals surface area contributed by atoms with Gasteiger partial charge in [0, 0.05) is 6.04 Å². The van der Waals surface area contributed by atoms with Crippen LogP contribution in [0.15, 0.2) is 18.2 Å². The lowest BCUT2D eigenvalue weighted by molar-refractivity contribution is -0.129. The fraction of sp³-hybridized carbons (Fsp3) is 0.632. The number of hydrogen-bond acceptors (Lipinski definition) is 2. The summed E-state index contributed by atoms with van der Waals surface area (Å²) in [6, 6.07) is 6.24. The van der Waals surface area contributed by atoms with Crippen LogP contribution in [0, 0.1) is 25.7 Å². The minimum absolute atomic E-state index is 0.0178. The monoisotopic (exact) mass is 305 g/mol. The number of rotatable bonds is 7. The van der Waals surface area contributed by atoms with Crippen molar-refractivity contribution in [2.45, 2.75) is 67.0 Å². The Labute approximate surface area is 135 Å². The number of benzene rings is 1. The second kappa shape index (κ2) is 8.21. The van der Waals surface area contributed by atoms with Crippen molar-refractivity contribution in [3.63, 3.8) is 0 Å². The Morgan fingerprint density at radius 3 is 2.23 bits per heavy atom. The van der Waals surface area contributed by atoms with Crippen LogP contribution >= 0.6 is 0 Å². The van der Waals surface area contributed by atoms with E-state index in [4.69, 9.17) is 4.74 Å². The van der Waals surface area contributed by atoms with Crippen molar-refractivity contribution in [2.24, 2.45) is 11.8 Å². The molecule has 0 heterocycles. The van der Waals surface area contributed by atoms with Gasteiger partial charge in [-0.1, -0.05) is 46.8 Å². The highest BCUT2D eigenvalue weighted by molar-refractivity contribution is 5.81. The molecule has 3 heteroatoms. The summed E-state index contributed by atoms with van der Waals surface area (Å²) >= 11 is 0. The van der Waals surface area contributed by atoms with E-state index in [2.05, 4.69) is 39.1 Å². The van der Waals surface area contributed by atoms with E-state index in [-0.39, 0.29) is 11.9 Å². The molecule has 22 heavy (non-hydrogen) atoms. The number of carbonyl (C=O) groups excluding carboxylic acids is 1. The van der Waals surface area contributed by atoms with Gasteiger partial charge >= 0.3 is 0 Å². The summed E-state index contributed by atoms with van der Waals surface area (Å²) in [6.07, 6.45) is 0.211. The van der Waals surface area contributed by atoms with E-state index < -0.39 is 6.10 Å². The molecule has 1 N–H and O–H groups in total. The summed E-state index contributed by atoms with van der Waals surface area (Å²) in [5, 5.41) is 3.16. The second-order valence-corrected chi connectivity index (χ2v) is 6.81. The molecule has 0 aliphatic heterocycles. The molecule has 1 rings (SSSR count). The van der Waals surface area contributed by atoms with E-state index in [1.807, 2.05) is 32.9 Å². The molecule has 1 amide bonds. The van der Waals surface area contributed by atoms with E-state index >= 15 is 0 Å². The molecule has 1 atom stereocenters. The lowest BCUT2D eigenvalue weighted by Crippen LogP contribution is -2.48. The summed E-state index contributed by atoms with van der Waals surface area (Å²) in [5.74, 6) is 1.59. The maximum Gasteiger partial charge on any atom is 0.261 e. The van der Waals surface area contributed by atoms with E-state index in [1.165, 1.54) is 0 Å². The molecular weight excluding hydrogens is 274 g/mol. The third kappa shape index (κ3) is 5.04. The van der Waals surface area contributed by atoms with Gasteiger partial charge in [-0.2, -0.15) is 0 Å². The Bertz CT molecular complexity index is 486. The molecular formula is C19H31NO2. The summed E-state index contributed by atoms with van der Waals surface area (Å²) in [5.41, 5.74) is 2.19. The molecule has 0 bridgehead atoms. The molecule has 0 radical (unpaired) electrons. The van der Waals surface area contributed by atoms with Crippen LogP contribution in [0.3, 0.4) is 0 Å². The highest BCUT2D eigenvalue weighted by Crippen LogP contribution is 2.21. The van der Waals surface area contributed by atoms with Crippen LogP contribution < -0.4 is 10.1 Å². The Balaban J connectivity index is 2.82.